The SMILES string of the molecule is CC(C)CN=C(NCCc1ccco1)N1CCCC(C2(C)OCCO2)C1. The van der Waals surface area contributed by atoms with Crippen LogP contribution < -0.4 is 5.32 Å². The summed E-state index contributed by atoms with van der Waals surface area (Å²) < 4.78 is 17.3. The second kappa shape index (κ2) is 8.91. The molecule has 2 aliphatic rings. The minimum atomic E-state index is -0.448. The van der Waals surface area contributed by atoms with E-state index in [1.54, 1.807) is 6.26 Å². The number of rotatable bonds is 6. The summed E-state index contributed by atoms with van der Waals surface area (Å²) in [7, 11) is 0. The molecule has 2 fully saturated rings. The molecule has 0 amide bonds. The number of furan rings is 1. The summed E-state index contributed by atoms with van der Waals surface area (Å²) in [5, 5.41) is 3.54. The lowest BCUT2D eigenvalue weighted by Crippen LogP contribution is -2.52. The zero-order valence-corrected chi connectivity index (χ0v) is 16.4. The van der Waals surface area contributed by atoms with E-state index in [0.717, 1.165) is 57.2 Å². The fourth-order valence-corrected chi connectivity index (χ4v) is 3.65. The maximum Gasteiger partial charge on any atom is 0.193 e. The fraction of sp³-hybridized carbons (Fsp3) is 0.750. The van der Waals surface area contributed by atoms with Gasteiger partial charge in [-0.05, 0) is 37.8 Å². The lowest BCUT2D eigenvalue weighted by atomic mass is 9.90. The molecule has 1 unspecified atom stereocenters. The van der Waals surface area contributed by atoms with Crippen molar-refractivity contribution in [2.45, 2.75) is 45.8 Å². The third-order valence-corrected chi connectivity index (χ3v) is 5.16. The molecule has 26 heavy (non-hydrogen) atoms. The van der Waals surface area contributed by atoms with Crippen LogP contribution in [0.4, 0.5) is 0 Å². The molecule has 0 saturated carbocycles. The first-order valence-corrected chi connectivity index (χ1v) is 9.90. The highest BCUT2D eigenvalue weighted by Crippen LogP contribution is 2.34. The van der Waals surface area contributed by atoms with Crippen LogP contribution in [0.25, 0.3) is 0 Å². The second-order valence-electron chi connectivity index (χ2n) is 7.81. The molecule has 146 valence electrons. The number of aliphatic imine (C=N–C) groups is 1. The molecule has 3 rings (SSSR count). The van der Waals surface area contributed by atoms with Crippen LogP contribution in [0, 0.1) is 11.8 Å². The Morgan fingerprint density at radius 1 is 1.38 bits per heavy atom. The largest absolute Gasteiger partial charge is 0.469 e. The van der Waals surface area contributed by atoms with Crippen molar-refractivity contribution in [3.8, 4) is 0 Å². The number of piperidine rings is 1. The van der Waals surface area contributed by atoms with Crippen molar-refractivity contribution in [2.24, 2.45) is 16.8 Å². The van der Waals surface area contributed by atoms with Gasteiger partial charge in [0.1, 0.15) is 5.76 Å². The molecule has 0 radical (unpaired) electrons. The van der Waals surface area contributed by atoms with Crippen LogP contribution in [0.1, 0.15) is 39.4 Å². The second-order valence-corrected chi connectivity index (χ2v) is 7.81. The van der Waals surface area contributed by atoms with Gasteiger partial charge in [-0.1, -0.05) is 13.8 Å². The highest BCUT2D eigenvalue weighted by Gasteiger charge is 2.42. The van der Waals surface area contributed by atoms with E-state index in [0.29, 0.717) is 25.0 Å². The zero-order valence-electron chi connectivity index (χ0n) is 16.4. The predicted octanol–water partition coefficient (Wildman–Crippen LogP) is 2.90. The van der Waals surface area contributed by atoms with Crippen LogP contribution >= 0.6 is 0 Å². The van der Waals surface area contributed by atoms with Crippen molar-refractivity contribution in [3.05, 3.63) is 24.2 Å². The van der Waals surface area contributed by atoms with Gasteiger partial charge in [0.05, 0.1) is 19.5 Å². The zero-order chi connectivity index (χ0) is 18.4. The van der Waals surface area contributed by atoms with Gasteiger partial charge in [0.2, 0.25) is 0 Å². The summed E-state index contributed by atoms with van der Waals surface area (Å²) in [6.07, 6.45) is 4.85. The smallest absolute Gasteiger partial charge is 0.193 e. The van der Waals surface area contributed by atoms with Crippen LogP contribution in [-0.4, -0.2) is 56.0 Å². The predicted molar refractivity (Wildman–Crippen MR) is 102 cm³/mol. The monoisotopic (exact) mass is 363 g/mol. The normalized spacial score (nSPS) is 23.6. The molecule has 2 saturated heterocycles. The van der Waals surface area contributed by atoms with E-state index in [4.69, 9.17) is 18.9 Å². The molecule has 1 aromatic heterocycles. The molecule has 3 heterocycles. The Morgan fingerprint density at radius 3 is 2.88 bits per heavy atom. The molecule has 6 heteroatoms. The van der Waals surface area contributed by atoms with Crippen LogP contribution in [0.5, 0.6) is 0 Å². The summed E-state index contributed by atoms with van der Waals surface area (Å²) in [5.74, 6) is 2.45. The molecule has 0 spiro atoms. The van der Waals surface area contributed by atoms with Gasteiger partial charge in [-0.2, -0.15) is 0 Å². The Labute approximate surface area is 156 Å². The van der Waals surface area contributed by atoms with Gasteiger partial charge in [0, 0.05) is 38.5 Å². The topological polar surface area (TPSA) is 59.2 Å². The molecule has 0 bridgehead atoms. The van der Waals surface area contributed by atoms with Gasteiger partial charge < -0.3 is 24.1 Å². The van der Waals surface area contributed by atoms with E-state index in [9.17, 15) is 0 Å². The summed E-state index contributed by atoms with van der Waals surface area (Å²) in [4.78, 5) is 7.24. The van der Waals surface area contributed by atoms with Gasteiger partial charge in [0.25, 0.3) is 0 Å². The van der Waals surface area contributed by atoms with Crippen molar-refractivity contribution in [3.63, 3.8) is 0 Å². The molecule has 2 aliphatic heterocycles. The quantitative estimate of drug-likeness (QED) is 0.622. The Morgan fingerprint density at radius 2 is 2.19 bits per heavy atom. The molecule has 1 aromatic rings. The van der Waals surface area contributed by atoms with Crippen molar-refractivity contribution >= 4 is 5.96 Å². The Balaban J connectivity index is 1.61. The Bertz CT molecular complexity index is 565. The van der Waals surface area contributed by atoms with Crippen LogP contribution in [0.15, 0.2) is 27.8 Å². The van der Waals surface area contributed by atoms with E-state index in [1.807, 2.05) is 12.1 Å². The average molecular weight is 364 g/mol. The van der Waals surface area contributed by atoms with Crippen molar-refractivity contribution in [1.29, 1.82) is 0 Å². The first-order valence-electron chi connectivity index (χ1n) is 9.90. The Kier molecular flexibility index (Phi) is 6.59. The van der Waals surface area contributed by atoms with Crippen molar-refractivity contribution in [1.82, 2.24) is 10.2 Å². The minimum Gasteiger partial charge on any atom is -0.469 e. The fourth-order valence-electron chi connectivity index (χ4n) is 3.65. The summed E-state index contributed by atoms with van der Waals surface area (Å²) >= 11 is 0. The highest BCUT2D eigenvalue weighted by molar-refractivity contribution is 5.80. The van der Waals surface area contributed by atoms with E-state index < -0.39 is 5.79 Å². The van der Waals surface area contributed by atoms with Crippen molar-refractivity contribution < 1.29 is 13.9 Å². The summed E-state index contributed by atoms with van der Waals surface area (Å²) in [6.45, 7) is 11.5. The number of hydrogen-bond acceptors (Lipinski definition) is 4. The highest BCUT2D eigenvalue weighted by atomic mass is 16.7. The van der Waals surface area contributed by atoms with E-state index >= 15 is 0 Å². The van der Waals surface area contributed by atoms with Gasteiger partial charge in [-0.3, -0.25) is 4.99 Å². The molecule has 0 aromatic carbocycles. The van der Waals surface area contributed by atoms with Crippen LogP contribution in [-0.2, 0) is 15.9 Å². The van der Waals surface area contributed by atoms with Gasteiger partial charge in [-0.25, -0.2) is 0 Å². The average Bonchev–Trinajstić information content (AvgIpc) is 3.30. The third kappa shape index (κ3) is 5.01. The first-order chi connectivity index (χ1) is 12.6. The van der Waals surface area contributed by atoms with Gasteiger partial charge in [0.15, 0.2) is 11.7 Å². The standard InChI is InChI=1S/C20H33N3O3/c1-16(2)14-22-19(21-9-8-18-7-5-11-24-18)23-10-4-6-17(15-23)20(3)25-12-13-26-20/h5,7,11,16-17H,4,6,8-10,12-15H2,1-3H3,(H,21,22). The maximum absolute atomic E-state index is 5.91. The number of likely N-dealkylation sites (tertiary alicyclic amines) is 1. The molecule has 6 nitrogen and oxygen atoms in total. The Hall–Kier alpha value is -1.53. The first kappa shape index (κ1) is 19.2. The van der Waals surface area contributed by atoms with Gasteiger partial charge >= 0.3 is 0 Å². The number of guanidine groups is 1. The molecular weight excluding hydrogens is 330 g/mol. The summed E-state index contributed by atoms with van der Waals surface area (Å²) in [6, 6.07) is 3.94. The maximum atomic E-state index is 5.91. The lowest BCUT2D eigenvalue weighted by Gasteiger charge is -2.41. The third-order valence-electron chi connectivity index (χ3n) is 5.16. The van der Waals surface area contributed by atoms with Crippen LogP contribution in [0.2, 0.25) is 0 Å². The van der Waals surface area contributed by atoms with Gasteiger partial charge in [-0.15, -0.1) is 0 Å². The van der Waals surface area contributed by atoms with Crippen molar-refractivity contribution in [2.75, 3.05) is 39.4 Å². The molecule has 0 aliphatic carbocycles. The van der Waals surface area contributed by atoms with E-state index in [2.05, 4.69) is 31.0 Å². The van der Waals surface area contributed by atoms with Crippen LogP contribution in [0.3, 0.4) is 0 Å². The number of nitrogens with one attached hydrogen (secondary N) is 1. The minimum absolute atomic E-state index is 0.370. The summed E-state index contributed by atoms with van der Waals surface area (Å²) in [5.41, 5.74) is 0. The number of hydrogen-bond donors (Lipinski definition) is 1. The molecule has 1 N–H and O–H groups in total. The molecular formula is C20H33N3O3. The lowest BCUT2D eigenvalue weighted by molar-refractivity contribution is -0.189. The number of ether oxygens (including phenoxy) is 2. The molecule has 1 atom stereocenters. The van der Waals surface area contributed by atoms with E-state index in [1.165, 1.54) is 0 Å². The van der Waals surface area contributed by atoms with E-state index in [-0.39, 0.29) is 0 Å². The number of nitrogens with zero attached hydrogens (tertiary/aromatic N) is 2.